The van der Waals surface area contributed by atoms with Crippen molar-refractivity contribution in [3.63, 3.8) is 0 Å². The quantitative estimate of drug-likeness (QED) is 0.478. The number of hydrogen-bond acceptors (Lipinski definition) is 5. The number of para-hydroxylation sites is 2. The Morgan fingerprint density at radius 3 is 2.30 bits per heavy atom. The number of carbonyl (C=O) groups excluding carboxylic acids is 1. The first kappa shape index (κ1) is 19.8. The van der Waals surface area contributed by atoms with Gasteiger partial charge in [-0.25, -0.2) is 9.97 Å². The summed E-state index contributed by atoms with van der Waals surface area (Å²) in [5, 5.41) is 0. The highest BCUT2D eigenvalue weighted by Gasteiger charge is 2.14. The van der Waals surface area contributed by atoms with Crippen LogP contribution in [0.4, 0.5) is 0 Å². The number of rotatable bonds is 4. The van der Waals surface area contributed by atoms with Crippen LogP contribution in [0.1, 0.15) is 35.4 Å². The minimum atomic E-state index is -0.157. The van der Waals surface area contributed by atoms with E-state index in [9.17, 15) is 4.79 Å². The van der Waals surface area contributed by atoms with Crippen LogP contribution in [-0.4, -0.2) is 33.9 Å². The number of benzene rings is 2. The lowest BCUT2D eigenvalue weighted by molar-refractivity contribution is 0.0968. The Bertz CT molecular complexity index is 1040. The number of hydrogen-bond donors (Lipinski definition) is 1. The summed E-state index contributed by atoms with van der Waals surface area (Å²) in [6.45, 7) is 2.00. The van der Waals surface area contributed by atoms with Crippen LogP contribution >= 0.6 is 0 Å². The van der Waals surface area contributed by atoms with Crippen LogP contribution in [0.15, 0.2) is 72.9 Å². The highest BCUT2D eigenvalue weighted by atomic mass is 16.5. The fourth-order valence-electron chi connectivity index (χ4n) is 3.09. The van der Waals surface area contributed by atoms with Crippen LogP contribution in [0.5, 0.6) is 11.6 Å². The molecule has 0 radical (unpaired) electrons. The third kappa shape index (κ3) is 5.10. The molecule has 4 aromatic rings. The summed E-state index contributed by atoms with van der Waals surface area (Å²) in [7, 11) is 0. The normalized spacial score (nSPS) is 13.3. The first-order valence-corrected chi connectivity index (χ1v) is 10.1. The third-order valence-electron chi connectivity index (χ3n) is 4.66. The smallest absolute Gasteiger partial charge is 0.228 e. The van der Waals surface area contributed by atoms with Gasteiger partial charge in [-0.05, 0) is 61.7 Å². The highest BCUT2D eigenvalue weighted by molar-refractivity contribution is 6.08. The number of imidazole rings is 1. The van der Waals surface area contributed by atoms with Crippen molar-refractivity contribution in [3.05, 3.63) is 84.3 Å². The van der Waals surface area contributed by atoms with E-state index in [0.717, 1.165) is 24.2 Å². The number of ether oxygens (including phenoxy) is 2. The summed E-state index contributed by atoms with van der Waals surface area (Å²) in [6.07, 6.45) is 5.59. The van der Waals surface area contributed by atoms with Gasteiger partial charge in [-0.3, -0.25) is 4.79 Å². The summed E-state index contributed by atoms with van der Waals surface area (Å²) < 4.78 is 10.7. The fourth-order valence-corrected chi connectivity index (χ4v) is 3.09. The monoisotopic (exact) mass is 401 g/mol. The molecule has 0 spiro atoms. The molecule has 0 aliphatic carbocycles. The van der Waals surface area contributed by atoms with Gasteiger partial charge in [0.2, 0.25) is 11.7 Å². The lowest BCUT2D eigenvalue weighted by Gasteiger charge is -2.08. The Kier molecular flexibility index (Phi) is 6.47. The van der Waals surface area contributed by atoms with Crippen molar-refractivity contribution in [2.45, 2.75) is 19.3 Å². The van der Waals surface area contributed by atoms with Crippen molar-refractivity contribution in [1.82, 2.24) is 15.0 Å². The number of ketones is 1. The first-order valence-electron chi connectivity index (χ1n) is 10.1. The fraction of sp³-hybridized carbons (Fsp3) is 0.208. The van der Waals surface area contributed by atoms with E-state index in [2.05, 4.69) is 15.0 Å². The van der Waals surface area contributed by atoms with Gasteiger partial charge in [0.15, 0.2) is 5.82 Å². The van der Waals surface area contributed by atoms with E-state index in [1.54, 1.807) is 36.5 Å². The van der Waals surface area contributed by atoms with Gasteiger partial charge in [0, 0.05) is 31.0 Å². The van der Waals surface area contributed by atoms with Crippen molar-refractivity contribution >= 4 is 16.8 Å². The molecule has 152 valence electrons. The van der Waals surface area contributed by atoms with Crippen LogP contribution in [-0.2, 0) is 4.74 Å². The van der Waals surface area contributed by atoms with E-state index >= 15 is 0 Å². The number of aromatic nitrogens is 3. The van der Waals surface area contributed by atoms with Gasteiger partial charge in [-0.1, -0.05) is 18.2 Å². The third-order valence-corrected chi connectivity index (χ3v) is 4.66. The second-order valence-corrected chi connectivity index (χ2v) is 6.90. The van der Waals surface area contributed by atoms with Gasteiger partial charge in [-0.2, -0.15) is 0 Å². The number of pyridine rings is 1. The second kappa shape index (κ2) is 9.80. The number of carbonyl (C=O) groups is 1. The highest BCUT2D eigenvalue weighted by Crippen LogP contribution is 2.20. The molecule has 1 fully saturated rings. The Morgan fingerprint density at radius 1 is 0.900 bits per heavy atom. The maximum atomic E-state index is 12.5. The molecule has 30 heavy (non-hydrogen) atoms. The van der Waals surface area contributed by atoms with Crippen molar-refractivity contribution in [1.29, 1.82) is 0 Å². The molecular formula is C24H23N3O3. The van der Waals surface area contributed by atoms with Crippen LogP contribution in [0.2, 0.25) is 0 Å². The number of nitrogens with zero attached hydrogens (tertiary/aromatic N) is 2. The molecule has 1 aliphatic heterocycles. The summed E-state index contributed by atoms with van der Waals surface area (Å²) in [5.74, 6) is 1.30. The molecule has 0 amide bonds. The number of fused-ring (bicyclic) bond motifs is 1. The van der Waals surface area contributed by atoms with Gasteiger partial charge in [0.1, 0.15) is 5.75 Å². The van der Waals surface area contributed by atoms with Gasteiger partial charge < -0.3 is 14.5 Å². The molecule has 0 unspecified atom stereocenters. The molecule has 0 saturated carbocycles. The van der Waals surface area contributed by atoms with Crippen molar-refractivity contribution in [3.8, 4) is 11.6 Å². The SMILES string of the molecule is C1CCOCC1.O=C(c1ccc(Oc2ccccn2)cc1)c1nc2ccccc2[nH]1. The standard InChI is InChI=1S/C19H13N3O2.C5H10O/c23-18(19-21-15-5-1-2-6-16(15)22-19)13-8-10-14(11-9-13)24-17-7-3-4-12-20-17;1-2-4-6-5-3-1/h1-12H,(H,21,22);1-5H2. The summed E-state index contributed by atoms with van der Waals surface area (Å²) in [4.78, 5) is 24.0. The molecule has 1 aliphatic rings. The summed E-state index contributed by atoms with van der Waals surface area (Å²) >= 11 is 0. The van der Waals surface area contributed by atoms with Gasteiger partial charge in [0.05, 0.1) is 11.0 Å². The largest absolute Gasteiger partial charge is 0.439 e. The maximum absolute atomic E-state index is 12.5. The number of nitrogens with one attached hydrogen (secondary N) is 1. The van der Waals surface area contributed by atoms with Gasteiger partial charge in [0.25, 0.3) is 0 Å². The zero-order valence-corrected chi connectivity index (χ0v) is 16.6. The Hall–Kier alpha value is -3.51. The second-order valence-electron chi connectivity index (χ2n) is 6.90. The lowest BCUT2D eigenvalue weighted by atomic mass is 10.1. The van der Waals surface area contributed by atoms with Crippen LogP contribution in [0.3, 0.4) is 0 Å². The molecule has 3 heterocycles. The number of aromatic amines is 1. The lowest BCUT2D eigenvalue weighted by Crippen LogP contribution is -2.03. The molecule has 0 atom stereocenters. The average molecular weight is 401 g/mol. The molecule has 1 saturated heterocycles. The molecular weight excluding hydrogens is 378 g/mol. The topological polar surface area (TPSA) is 77.1 Å². The maximum Gasteiger partial charge on any atom is 0.228 e. The van der Waals surface area contributed by atoms with E-state index in [0.29, 0.717) is 23.0 Å². The van der Waals surface area contributed by atoms with Crippen molar-refractivity contribution in [2.24, 2.45) is 0 Å². The number of H-pyrrole nitrogens is 1. The van der Waals surface area contributed by atoms with E-state index in [1.807, 2.05) is 36.4 Å². The zero-order chi connectivity index (χ0) is 20.6. The predicted octanol–water partition coefficient (Wildman–Crippen LogP) is 5.17. The van der Waals surface area contributed by atoms with Crippen LogP contribution in [0, 0.1) is 0 Å². The Labute approximate surface area is 174 Å². The van der Waals surface area contributed by atoms with Crippen molar-refractivity contribution < 1.29 is 14.3 Å². The molecule has 0 bridgehead atoms. The van der Waals surface area contributed by atoms with E-state index < -0.39 is 0 Å². The van der Waals surface area contributed by atoms with E-state index in [4.69, 9.17) is 9.47 Å². The Morgan fingerprint density at radius 2 is 1.67 bits per heavy atom. The average Bonchev–Trinajstić information content (AvgIpc) is 3.26. The first-order chi connectivity index (χ1) is 14.8. The molecule has 2 aromatic carbocycles. The molecule has 6 heteroatoms. The summed E-state index contributed by atoms with van der Waals surface area (Å²) in [5.41, 5.74) is 2.16. The molecule has 5 rings (SSSR count). The van der Waals surface area contributed by atoms with Gasteiger partial charge >= 0.3 is 0 Å². The van der Waals surface area contributed by atoms with Crippen LogP contribution in [0.25, 0.3) is 11.0 Å². The van der Waals surface area contributed by atoms with E-state index in [1.165, 1.54) is 19.3 Å². The minimum absolute atomic E-state index is 0.157. The zero-order valence-electron chi connectivity index (χ0n) is 16.6. The molecule has 1 N–H and O–H groups in total. The minimum Gasteiger partial charge on any atom is -0.439 e. The van der Waals surface area contributed by atoms with Crippen molar-refractivity contribution in [2.75, 3.05) is 13.2 Å². The molecule has 6 nitrogen and oxygen atoms in total. The molecule has 2 aromatic heterocycles. The Balaban J connectivity index is 0.000000313. The van der Waals surface area contributed by atoms with E-state index in [-0.39, 0.29) is 5.78 Å². The predicted molar refractivity (Wildman–Crippen MR) is 115 cm³/mol. The summed E-state index contributed by atoms with van der Waals surface area (Å²) in [6, 6.07) is 19.9. The van der Waals surface area contributed by atoms with Gasteiger partial charge in [-0.15, -0.1) is 0 Å². The van der Waals surface area contributed by atoms with Crippen LogP contribution < -0.4 is 4.74 Å².